The molecular formula is C14H23NOS. The zero-order valence-corrected chi connectivity index (χ0v) is 11.7. The van der Waals surface area contributed by atoms with Gasteiger partial charge in [0.15, 0.2) is 0 Å². The number of thiazole rings is 1. The second-order valence-corrected chi connectivity index (χ2v) is 6.62. The molecule has 17 heavy (non-hydrogen) atoms. The van der Waals surface area contributed by atoms with Crippen LogP contribution in [0.4, 0.5) is 0 Å². The Bertz CT molecular complexity index is 336. The summed E-state index contributed by atoms with van der Waals surface area (Å²) in [6.45, 7) is 4.14. The van der Waals surface area contributed by atoms with Gasteiger partial charge in [0, 0.05) is 11.3 Å². The predicted octanol–water partition coefficient (Wildman–Crippen LogP) is 3.63. The van der Waals surface area contributed by atoms with Gasteiger partial charge in [-0.25, -0.2) is 4.98 Å². The van der Waals surface area contributed by atoms with E-state index in [1.807, 2.05) is 6.92 Å². The molecule has 1 aromatic heterocycles. The maximum absolute atomic E-state index is 10.0. The maximum Gasteiger partial charge on any atom is 0.0956 e. The minimum absolute atomic E-state index is 0.194. The Labute approximate surface area is 108 Å². The van der Waals surface area contributed by atoms with Crippen molar-refractivity contribution in [1.29, 1.82) is 0 Å². The third-order valence-electron chi connectivity index (χ3n) is 3.87. The molecular weight excluding hydrogens is 230 g/mol. The highest BCUT2D eigenvalue weighted by Crippen LogP contribution is 2.29. The van der Waals surface area contributed by atoms with Crippen LogP contribution in [0.5, 0.6) is 0 Å². The summed E-state index contributed by atoms with van der Waals surface area (Å²) in [4.78, 5) is 5.77. The van der Waals surface area contributed by atoms with Crippen molar-refractivity contribution in [3.63, 3.8) is 0 Å². The van der Waals surface area contributed by atoms with Crippen molar-refractivity contribution in [2.75, 3.05) is 0 Å². The van der Waals surface area contributed by atoms with E-state index in [0.29, 0.717) is 0 Å². The van der Waals surface area contributed by atoms with E-state index in [0.717, 1.165) is 29.5 Å². The molecule has 0 bridgehead atoms. The minimum Gasteiger partial charge on any atom is -0.393 e. The van der Waals surface area contributed by atoms with E-state index < -0.39 is 0 Å². The lowest BCUT2D eigenvalue weighted by atomic mass is 9.99. The maximum atomic E-state index is 10.0. The van der Waals surface area contributed by atoms with Crippen molar-refractivity contribution in [2.24, 2.45) is 5.92 Å². The van der Waals surface area contributed by atoms with Gasteiger partial charge in [-0.15, -0.1) is 11.3 Å². The molecule has 1 unspecified atom stereocenters. The lowest BCUT2D eigenvalue weighted by molar-refractivity contribution is 0.154. The Morgan fingerprint density at radius 2 is 2.06 bits per heavy atom. The standard InChI is InChI=1S/C14H23NOS/c1-10-11(2)17-14(15-10)9-13(16)8-7-12-5-3-4-6-12/h12-13,16H,3-9H2,1-2H3. The van der Waals surface area contributed by atoms with Gasteiger partial charge in [0.25, 0.3) is 0 Å². The molecule has 1 aromatic rings. The SMILES string of the molecule is Cc1nc(CC(O)CCC2CCCC2)sc1C. The van der Waals surface area contributed by atoms with Crippen LogP contribution >= 0.6 is 11.3 Å². The van der Waals surface area contributed by atoms with Crippen LogP contribution in [0.2, 0.25) is 0 Å². The van der Waals surface area contributed by atoms with E-state index >= 15 is 0 Å². The second-order valence-electron chi connectivity index (χ2n) is 5.33. The molecule has 3 heteroatoms. The quantitative estimate of drug-likeness (QED) is 0.869. The van der Waals surface area contributed by atoms with E-state index in [9.17, 15) is 5.11 Å². The molecule has 1 heterocycles. The summed E-state index contributed by atoms with van der Waals surface area (Å²) in [5.74, 6) is 0.879. The van der Waals surface area contributed by atoms with Gasteiger partial charge in [0.05, 0.1) is 16.8 Å². The van der Waals surface area contributed by atoms with Crippen molar-refractivity contribution in [3.05, 3.63) is 15.6 Å². The number of hydrogen-bond donors (Lipinski definition) is 1. The van der Waals surface area contributed by atoms with Gasteiger partial charge in [-0.2, -0.15) is 0 Å². The Morgan fingerprint density at radius 3 is 2.65 bits per heavy atom. The molecule has 2 nitrogen and oxygen atoms in total. The summed E-state index contributed by atoms with van der Waals surface area (Å²) in [7, 11) is 0. The Kier molecular flexibility index (Phi) is 4.57. The average Bonchev–Trinajstić information content (AvgIpc) is 2.87. The molecule has 96 valence electrons. The summed E-state index contributed by atoms with van der Waals surface area (Å²) in [5.41, 5.74) is 1.12. The second kappa shape index (κ2) is 5.96. The largest absolute Gasteiger partial charge is 0.393 e. The third kappa shape index (κ3) is 3.78. The number of nitrogens with zero attached hydrogens (tertiary/aromatic N) is 1. The smallest absolute Gasteiger partial charge is 0.0956 e. The highest BCUT2D eigenvalue weighted by Gasteiger charge is 2.17. The summed E-state index contributed by atoms with van der Waals surface area (Å²) in [6.07, 6.45) is 8.24. The van der Waals surface area contributed by atoms with Crippen molar-refractivity contribution in [1.82, 2.24) is 4.98 Å². The van der Waals surface area contributed by atoms with Crippen LogP contribution in [0, 0.1) is 19.8 Å². The van der Waals surface area contributed by atoms with Gasteiger partial charge < -0.3 is 5.11 Å². The van der Waals surface area contributed by atoms with Crippen LogP contribution in [-0.4, -0.2) is 16.2 Å². The fourth-order valence-electron chi connectivity index (χ4n) is 2.66. The summed E-state index contributed by atoms with van der Waals surface area (Å²) < 4.78 is 0. The van der Waals surface area contributed by atoms with E-state index in [4.69, 9.17) is 0 Å². The fraction of sp³-hybridized carbons (Fsp3) is 0.786. The molecule has 0 spiro atoms. The Hall–Kier alpha value is -0.410. The molecule has 1 aliphatic rings. The molecule has 0 saturated heterocycles. The number of hydrogen-bond acceptors (Lipinski definition) is 3. The van der Waals surface area contributed by atoms with Gasteiger partial charge in [0.2, 0.25) is 0 Å². The van der Waals surface area contributed by atoms with Crippen molar-refractivity contribution in [2.45, 2.75) is 64.9 Å². The lowest BCUT2D eigenvalue weighted by Gasteiger charge is -2.12. The van der Waals surface area contributed by atoms with E-state index in [1.54, 1.807) is 11.3 Å². The zero-order valence-electron chi connectivity index (χ0n) is 10.9. The molecule has 0 amide bonds. The normalized spacial score (nSPS) is 18.8. The van der Waals surface area contributed by atoms with Crippen LogP contribution < -0.4 is 0 Å². The highest BCUT2D eigenvalue weighted by atomic mass is 32.1. The molecule has 1 N–H and O–H groups in total. The first-order chi connectivity index (χ1) is 8.15. The molecule has 1 fully saturated rings. The predicted molar refractivity (Wildman–Crippen MR) is 72.5 cm³/mol. The molecule has 0 radical (unpaired) electrons. The molecule has 1 saturated carbocycles. The highest BCUT2D eigenvalue weighted by molar-refractivity contribution is 7.11. The van der Waals surface area contributed by atoms with Gasteiger partial charge in [-0.3, -0.25) is 0 Å². The van der Waals surface area contributed by atoms with Crippen LogP contribution in [0.3, 0.4) is 0 Å². The lowest BCUT2D eigenvalue weighted by Crippen LogP contribution is -2.12. The monoisotopic (exact) mass is 253 g/mol. The molecule has 0 aromatic carbocycles. The first-order valence-corrected chi connectivity index (χ1v) is 7.57. The van der Waals surface area contributed by atoms with Crippen molar-refractivity contribution >= 4 is 11.3 Å². The first kappa shape index (κ1) is 13.0. The molecule has 2 rings (SSSR count). The van der Waals surface area contributed by atoms with Crippen LogP contribution in [0.25, 0.3) is 0 Å². The van der Waals surface area contributed by atoms with E-state index in [1.165, 1.54) is 37.0 Å². The average molecular weight is 253 g/mol. The van der Waals surface area contributed by atoms with Crippen LogP contribution in [0.15, 0.2) is 0 Å². The summed E-state index contributed by atoms with van der Waals surface area (Å²) in [6, 6.07) is 0. The van der Waals surface area contributed by atoms with E-state index in [2.05, 4.69) is 11.9 Å². The topological polar surface area (TPSA) is 33.1 Å². The Morgan fingerprint density at radius 1 is 1.35 bits per heavy atom. The van der Waals surface area contributed by atoms with Crippen molar-refractivity contribution in [3.8, 4) is 0 Å². The Balaban J connectivity index is 1.74. The number of aliphatic hydroxyl groups excluding tert-OH is 1. The van der Waals surface area contributed by atoms with Crippen molar-refractivity contribution < 1.29 is 5.11 Å². The van der Waals surface area contributed by atoms with Crippen LogP contribution in [0.1, 0.15) is 54.1 Å². The third-order valence-corrected chi connectivity index (χ3v) is 4.96. The van der Waals surface area contributed by atoms with Gasteiger partial charge in [0.1, 0.15) is 0 Å². The molecule has 1 atom stereocenters. The molecule has 0 aliphatic heterocycles. The zero-order chi connectivity index (χ0) is 12.3. The van der Waals surface area contributed by atoms with Gasteiger partial charge in [-0.05, 0) is 32.6 Å². The number of aliphatic hydroxyl groups is 1. The summed E-state index contributed by atoms with van der Waals surface area (Å²) in [5, 5.41) is 11.1. The van der Waals surface area contributed by atoms with Crippen LogP contribution in [-0.2, 0) is 6.42 Å². The first-order valence-electron chi connectivity index (χ1n) is 6.76. The number of aryl methyl sites for hydroxylation is 2. The number of aromatic nitrogens is 1. The van der Waals surface area contributed by atoms with Gasteiger partial charge in [-0.1, -0.05) is 25.7 Å². The van der Waals surface area contributed by atoms with Gasteiger partial charge >= 0.3 is 0 Å². The fourth-order valence-corrected chi connectivity index (χ4v) is 3.66. The minimum atomic E-state index is -0.194. The van der Waals surface area contributed by atoms with E-state index in [-0.39, 0.29) is 6.10 Å². The molecule has 1 aliphatic carbocycles. The summed E-state index contributed by atoms with van der Waals surface area (Å²) >= 11 is 1.73. The number of rotatable bonds is 5.